The number of hydrogen-bond acceptors (Lipinski definition) is 5. The second kappa shape index (κ2) is 8.13. The Bertz CT molecular complexity index is 556. The van der Waals surface area contributed by atoms with E-state index in [1.165, 1.54) is 0 Å². The van der Waals surface area contributed by atoms with E-state index >= 15 is 0 Å². The summed E-state index contributed by atoms with van der Waals surface area (Å²) < 4.78 is 6.65. The largest absolute Gasteiger partial charge is 0.394 e. The average Bonchev–Trinajstić information content (AvgIpc) is 3.01. The van der Waals surface area contributed by atoms with Gasteiger partial charge in [-0.15, -0.1) is 5.10 Å². The molecule has 0 aliphatic heterocycles. The van der Waals surface area contributed by atoms with Gasteiger partial charge in [0, 0.05) is 13.2 Å². The summed E-state index contributed by atoms with van der Waals surface area (Å²) in [6, 6.07) is 9.46. The van der Waals surface area contributed by atoms with Gasteiger partial charge in [-0.2, -0.15) is 0 Å². The van der Waals surface area contributed by atoms with Crippen molar-refractivity contribution < 1.29 is 14.6 Å². The van der Waals surface area contributed by atoms with Crippen molar-refractivity contribution in [1.82, 2.24) is 20.3 Å². The van der Waals surface area contributed by atoms with E-state index in [1.807, 2.05) is 30.3 Å². The SMILES string of the molecule is O=C(NCCCOCCO)c1cn(-c2ccccc2)nn1. The number of benzene rings is 1. The number of aliphatic hydroxyl groups excluding tert-OH is 1. The third-order valence-electron chi connectivity index (χ3n) is 2.73. The molecule has 0 atom stereocenters. The summed E-state index contributed by atoms with van der Waals surface area (Å²) in [4.78, 5) is 11.9. The number of nitrogens with zero attached hydrogens (tertiary/aromatic N) is 3. The minimum absolute atomic E-state index is 0.00888. The molecule has 0 saturated heterocycles. The fourth-order valence-corrected chi connectivity index (χ4v) is 1.71. The van der Waals surface area contributed by atoms with Gasteiger partial charge in [-0.25, -0.2) is 4.68 Å². The first kappa shape index (κ1) is 15.1. The number of aromatic nitrogens is 3. The third kappa shape index (κ3) is 4.66. The van der Waals surface area contributed by atoms with Gasteiger partial charge < -0.3 is 15.2 Å². The molecule has 0 aliphatic rings. The van der Waals surface area contributed by atoms with Gasteiger partial charge >= 0.3 is 0 Å². The molecule has 1 aromatic heterocycles. The molecule has 7 heteroatoms. The Morgan fingerprint density at radius 2 is 2.10 bits per heavy atom. The van der Waals surface area contributed by atoms with Crippen LogP contribution in [0, 0.1) is 0 Å². The van der Waals surface area contributed by atoms with Crippen molar-refractivity contribution >= 4 is 5.91 Å². The second-order valence-electron chi connectivity index (χ2n) is 4.33. The quantitative estimate of drug-likeness (QED) is 0.687. The van der Waals surface area contributed by atoms with Crippen LogP contribution in [-0.4, -0.2) is 52.4 Å². The van der Waals surface area contributed by atoms with E-state index in [-0.39, 0.29) is 18.2 Å². The van der Waals surface area contributed by atoms with Crippen LogP contribution in [0.4, 0.5) is 0 Å². The number of carbonyl (C=O) groups is 1. The van der Waals surface area contributed by atoms with Crippen LogP contribution in [0.25, 0.3) is 5.69 Å². The number of amides is 1. The average molecular weight is 290 g/mol. The zero-order valence-electron chi connectivity index (χ0n) is 11.6. The zero-order chi connectivity index (χ0) is 14.9. The van der Waals surface area contributed by atoms with Crippen molar-refractivity contribution in [2.75, 3.05) is 26.4 Å². The van der Waals surface area contributed by atoms with E-state index in [0.29, 0.717) is 26.2 Å². The predicted molar refractivity (Wildman–Crippen MR) is 76.2 cm³/mol. The lowest BCUT2D eigenvalue weighted by Gasteiger charge is -2.03. The van der Waals surface area contributed by atoms with E-state index in [0.717, 1.165) is 5.69 Å². The van der Waals surface area contributed by atoms with E-state index in [2.05, 4.69) is 15.6 Å². The summed E-state index contributed by atoms with van der Waals surface area (Å²) in [6.45, 7) is 1.31. The first-order chi connectivity index (χ1) is 10.3. The number of rotatable bonds is 8. The van der Waals surface area contributed by atoms with Gasteiger partial charge in [-0.1, -0.05) is 23.4 Å². The van der Waals surface area contributed by atoms with E-state index < -0.39 is 0 Å². The first-order valence-electron chi connectivity index (χ1n) is 6.76. The van der Waals surface area contributed by atoms with Crippen molar-refractivity contribution in [3.05, 3.63) is 42.2 Å². The number of aliphatic hydroxyl groups is 1. The van der Waals surface area contributed by atoms with Crippen LogP contribution in [0.2, 0.25) is 0 Å². The monoisotopic (exact) mass is 290 g/mol. The zero-order valence-corrected chi connectivity index (χ0v) is 11.6. The molecule has 21 heavy (non-hydrogen) atoms. The molecule has 0 saturated carbocycles. The highest BCUT2D eigenvalue weighted by Gasteiger charge is 2.10. The molecule has 0 unspecified atom stereocenters. The number of ether oxygens (including phenoxy) is 1. The molecule has 7 nitrogen and oxygen atoms in total. The van der Waals surface area contributed by atoms with Gasteiger partial charge in [0.2, 0.25) is 0 Å². The maximum atomic E-state index is 11.9. The summed E-state index contributed by atoms with van der Waals surface area (Å²) in [5.74, 6) is -0.265. The van der Waals surface area contributed by atoms with Crippen molar-refractivity contribution in [2.45, 2.75) is 6.42 Å². The smallest absolute Gasteiger partial charge is 0.273 e. The van der Waals surface area contributed by atoms with Crippen LogP contribution >= 0.6 is 0 Å². The van der Waals surface area contributed by atoms with Gasteiger partial charge in [-0.05, 0) is 18.6 Å². The summed E-state index contributed by atoms with van der Waals surface area (Å²) in [7, 11) is 0. The highest BCUT2D eigenvalue weighted by molar-refractivity contribution is 5.91. The van der Waals surface area contributed by atoms with Crippen molar-refractivity contribution in [2.24, 2.45) is 0 Å². The minimum atomic E-state index is -0.265. The topological polar surface area (TPSA) is 89.3 Å². The van der Waals surface area contributed by atoms with Gasteiger partial charge in [-0.3, -0.25) is 4.79 Å². The standard InChI is InChI=1S/C14H18N4O3/c19-8-10-21-9-4-7-15-14(20)13-11-18(17-16-13)12-5-2-1-3-6-12/h1-3,5-6,11,19H,4,7-10H2,(H,15,20). The molecule has 2 rings (SSSR count). The lowest BCUT2D eigenvalue weighted by molar-refractivity contribution is 0.0865. The Morgan fingerprint density at radius 1 is 1.29 bits per heavy atom. The molecular formula is C14H18N4O3. The predicted octanol–water partition coefficient (Wildman–Crippen LogP) is 0.396. The number of carbonyl (C=O) groups excluding carboxylic acids is 1. The van der Waals surface area contributed by atoms with Crippen LogP contribution < -0.4 is 5.32 Å². The number of nitrogens with one attached hydrogen (secondary N) is 1. The number of hydrogen-bond donors (Lipinski definition) is 2. The Morgan fingerprint density at radius 3 is 2.86 bits per heavy atom. The molecule has 0 aliphatic carbocycles. The van der Waals surface area contributed by atoms with Crippen LogP contribution in [0.3, 0.4) is 0 Å². The molecule has 112 valence electrons. The Kier molecular flexibility index (Phi) is 5.86. The maximum Gasteiger partial charge on any atom is 0.273 e. The highest BCUT2D eigenvalue weighted by atomic mass is 16.5. The maximum absolute atomic E-state index is 11.9. The summed E-state index contributed by atoms with van der Waals surface area (Å²) >= 11 is 0. The first-order valence-corrected chi connectivity index (χ1v) is 6.76. The number of para-hydroxylation sites is 1. The molecular weight excluding hydrogens is 272 g/mol. The summed E-state index contributed by atoms with van der Waals surface area (Å²) in [6.07, 6.45) is 2.27. The van der Waals surface area contributed by atoms with Crippen LogP contribution in [0.15, 0.2) is 36.5 Å². The molecule has 0 fully saturated rings. The van der Waals surface area contributed by atoms with Crippen LogP contribution in [-0.2, 0) is 4.74 Å². The summed E-state index contributed by atoms with van der Waals surface area (Å²) in [5, 5.41) is 19.1. The minimum Gasteiger partial charge on any atom is -0.394 e. The van der Waals surface area contributed by atoms with Gasteiger partial charge in [0.1, 0.15) is 0 Å². The molecule has 0 bridgehead atoms. The Hall–Kier alpha value is -2.25. The van der Waals surface area contributed by atoms with Gasteiger partial charge in [0.15, 0.2) is 5.69 Å². The molecule has 1 amide bonds. The lowest BCUT2D eigenvalue weighted by Crippen LogP contribution is -2.25. The Balaban J connectivity index is 1.80. The van der Waals surface area contributed by atoms with Crippen molar-refractivity contribution in [3.63, 3.8) is 0 Å². The normalized spacial score (nSPS) is 10.5. The summed E-state index contributed by atoms with van der Waals surface area (Å²) in [5.41, 5.74) is 1.12. The van der Waals surface area contributed by atoms with Crippen molar-refractivity contribution in [1.29, 1.82) is 0 Å². The van der Waals surface area contributed by atoms with Crippen LogP contribution in [0.1, 0.15) is 16.9 Å². The Labute approximate surface area is 122 Å². The third-order valence-corrected chi connectivity index (χ3v) is 2.73. The fourth-order valence-electron chi connectivity index (χ4n) is 1.71. The molecule has 1 heterocycles. The van der Waals surface area contributed by atoms with E-state index in [4.69, 9.17) is 9.84 Å². The molecule has 2 N–H and O–H groups in total. The van der Waals surface area contributed by atoms with Crippen molar-refractivity contribution in [3.8, 4) is 5.69 Å². The van der Waals surface area contributed by atoms with E-state index in [1.54, 1.807) is 10.9 Å². The van der Waals surface area contributed by atoms with Gasteiger partial charge in [0.05, 0.1) is 25.1 Å². The molecule has 0 spiro atoms. The molecule has 0 radical (unpaired) electrons. The van der Waals surface area contributed by atoms with E-state index in [9.17, 15) is 4.79 Å². The van der Waals surface area contributed by atoms with Crippen LogP contribution in [0.5, 0.6) is 0 Å². The second-order valence-corrected chi connectivity index (χ2v) is 4.33. The molecule has 2 aromatic rings. The highest BCUT2D eigenvalue weighted by Crippen LogP contribution is 2.05. The van der Waals surface area contributed by atoms with Gasteiger partial charge in [0.25, 0.3) is 5.91 Å². The fraction of sp³-hybridized carbons (Fsp3) is 0.357. The molecule has 1 aromatic carbocycles. The lowest BCUT2D eigenvalue weighted by atomic mass is 10.3.